The van der Waals surface area contributed by atoms with Crippen LogP contribution in [0.25, 0.3) is 0 Å². The number of carbonyl (C=O) groups excluding carboxylic acids is 1. The first-order valence-corrected chi connectivity index (χ1v) is 10.3. The second-order valence-electron chi connectivity index (χ2n) is 6.66. The number of aryl methyl sites for hydroxylation is 2. The second-order valence-corrected chi connectivity index (χ2v) is 8.60. The van der Waals surface area contributed by atoms with Crippen LogP contribution in [0, 0.1) is 13.8 Å². The molecule has 3 rings (SSSR count). The van der Waals surface area contributed by atoms with Crippen molar-refractivity contribution in [3.8, 4) is 0 Å². The van der Waals surface area contributed by atoms with E-state index in [1.54, 1.807) is 29.4 Å². The second kappa shape index (κ2) is 8.06. The Morgan fingerprint density at radius 1 is 1.11 bits per heavy atom. The van der Waals surface area contributed by atoms with E-state index in [0.29, 0.717) is 24.5 Å². The summed E-state index contributed by atoms with van der Waals surface area (Å²) in [6, 6.07) is 8.69. The van der Waals surface area contributed by atoms with E-state index in [1.165, 1.54) is 4.31 Å². The molecule has 1 aromatic heterocycles. The molecule has 0 unspecified atom stereocenters. The third kappa shape index (κ3) is 4.45. The Kier molecular flexibility index (Phi) is 5.76. The van der Waals surface area contributed by atoms with E-state index in [2.05, 4.69) is 10.3 Å². The number of urea groups is 1. The van der Waals surface area contributed by atoms with Crippen molar-refractivity contribution in [2.45, 2.75) is 25.3 Å². The molecule has 1 fully saturated rings. The fourth-order valence-electron chi connectivity index (χ4n) is 2.95. The van der Waals surface area contributed by atoms with Crippen LogP contribution in [0.4, 0.5) is 4.79 Å². The molecule has 1 N–H and O–H groups in total. The lowest BCUT2D eigenvalue weighted by Gasteiger charge is -2.34. The minimum Gasteiger partial charge on any atom is -0.334 e. The van der Waals surface area contributed by atoms with Crippen LogP contribution < -0.4 is 5.32 Å². The maximum Gasteiger partial charge on any atom is 0.317 e. The minimum atomic E-state index is -3.54. The minimum absolute atomic E-state index is 0.193. The van der Waals surface area contributed by atoms with Gasteiger partial charge in [-0.2, -0.15) is 4.31 Å². The zero-order valence-electron chi connectivity index (χ0n) is 15.6. The fraction of sp³-hybridized carbons (Fsp3) is 0.368. The fourth-order valence-corrected chi connectivity index (χ4v) is 4.46. The number of piperazine rings is 1. The highest BCUT2D eigenvalue weighted by Crippen LogP contribution is 2.20. The van der Waals surface area contributed by atoms with E-state index >= 15 is 0 Å². The molecule has 0 radical (unpaired) electrons. The van der Waals surface area contributed by atoms with Gasteiger partial charge in [0.1, 0.15) is 0 Å². The lowest BCUT2D eigenvalue weighted by molar-refractivity contribution is 0.172. The average molecular weight is 388 g/mol. The molecule has 0 spiro atoms. The molecule has 27 heavy (non-hydrogen) atoms. The van der Waals surface area contributed by atoms with Crippen LogP contribution in [0.1, 0.15) is 16.7 Å². The molecule has 0 atom stereocenters. The van der Waals surface area contributed by atoms with Crippen molar-refractivity contribution in [3.05, 3.63) is 59.4 Å². The molecule has 1 aliphatic heterocycles. The van der Waals surface area contributed by atoms with Crippen molar-refractivity contribution in [2.75, 3.05) is 26.2 Å². The van der Waals surface area contributed by atoms with Gasteiger partial charge in [-0.25, -0.2) is 13.2 Å². The summed E-state index contributed by atoms with van der Waals surface area (Å²) in [6.07, 6.45) is 3.38. The van der Waals surface area contributed by atoms with Gasteiger partial charge in [0.15, 0.2) is 0 Å². The van der Waals surface area contributed by atoms with E-state index in [1.807, 2.05) is 32.0 Å². The van der Waals surface area contributed by atoms with Crippen LogP contribution >= 0.6 is 0 Å². The number of carbonyl (C=O) groups is 1. The first-order valence-electron chi connectivity index (χ1n) is 8.87. The van der Waals surface area contributed by atoms with Gasteiger partial charge < -0.3 is 10.2 Å². The molecule has 2 aromatic rings. The number of hydrogen-bond donors (Lipinski definition) is 1. The van der Waals surface area contributed by atoms with Gasteiger partial charge in [-0.1, -0.05) is 12.1 Å². The van der Waals surface area contributed by atoms with Gasteiger partial charge in [0.2, 0.25) is 10.0 Å². The molecule has 144 valence electrons. The van der Waals surface area contributed by atoms with Crippen LogP contribution in [-0.4, -0.2) is 54.8 Å². The zero-order valence-corrected chi connectivity index (χ0v) is 16.4. The smallest absolute Gasteiger partial charge is 0.317 e. The predicted octanol–water partition coefficient (Wildman–Crippen LogP) is 1.91. The van der Waals surface area contributed by atoms with Crippen molar-refractivity contribution >= 4 is 16.1 Å². The Bertz CT molecular complexity index is 908. The van der Waals surface area contributed by atoms with Crippen LogP contribution in [-0.2, 0) is 16.6 Å². The third-order valence-electron chi connectivity index (χ3n) is 4.81. The summed E-state index contributed by atoms with van der Waals surface area (Å²) in [5, 5.41) is 2.85. The predicted molar refractivity (Wildman–Crippen MR) is 103 cm³/mol. The summed E-state index contributed by atoms with van der Waals surface area (Å²) in [4.78, 5) is 18.3. The number of benzene rings is 1. The highest BCUT2D eigenvalue weighted by atomic mass is 32.2. The number of amides is 2. The Morgan fingerprint density at radius 2 is 1.85 bits per heavy atom. The zero-order chi connectivity index (χ0) is 19.4. The molecule has 8 heteroatoms. The van der Waals surface area contributed by atoms with Crippen LogP contribution in [0.5, 0.6) is 0 Å². The third-order valence-corrected chi connectivity index (χ3v) is 6.70. The number of sulfonamides is 1. The molecule has 0 bridgehead atoms. The lowest BCUT2D eigenvalue weighted by atomic mass is 10.1. The van der Waals surface area contributed by atoms with Gasteiger partial charge in [-0.05, 0) is 48.7 Å². The normalized spacial score (nSPS) is 15.6. The number of nitrogens with zero attached hydrogens (tertiary/aromatic N) is 3. The van der Waals surface area contributed by atoms with Gasteiger partial charge in [0.25, 0.3) is 0 Å². The van der Waals surface area contributed by atoms with E-state index in [4.69, 9.17) is 0 Å². The van der Waals surface area contributed by atoms with E-state index < -0.39 is 10.0 Å². The summed E-state index contributed by atoms with van der Waals surface area (Å²) in [6.45, 7) is 5.55. The van der Waals surface area contributed by atoms with E-state index in [-0.39, 0.29) is 19.1 Å². The first-order chi connectivity index (χ1) is 12.9. The number of aromatic nitrogens is 1. The summed E-state index contributed by atoms with van der Waals surface area (Å²) >= 11 is 0. The van der Waals surface area contributed by atoms with Gasteiger partial charge in [0, 0.05) is 45.1 Å². The molecule has 1 aliphatic rings. The molecule has 0 aliphatic carbocycles. The standard InChI is InChI=1S/C19H24N4O3S/c1-15-5-6-18(12-16(15)2)27(25,26)23-10-8-22(9-11-23)19(24)21-14-17-4-3-7-20-13-17/h3-7,12-13H,8-11,14H2,1-2H3,(H,21,24). The lowest BCUT2D eigenvalue weighted by Crippen LogP contribution is -2.52. The van der Waals surface area contributed by atoms with Crippen molar-refractivity contribution < 1.29 is 13.2 Å². The summed E-state index contributed by atoms with van der Waals surface area (Å²) < 4.78 is 27.1. The molecule has 0 saturated carbocycles. The molecule has 2 amide bonds. The number of rotatable bonds is 4. The maximum atomic E-state index is 12.8. The van der Waals surface area contributed by atoms with Gasteiger partial charge in [-0.15, -0.1) is 0 Å². The first kappa shape index (κ1) is 19.3. The number of pyridine rings is 1. The van der Waals surface area contributed by atoms with Crippen LogP contribution in [0.2, 0.25) is 0 Å². The van der Waals surface area contributed by atoms with E-state index in [0.717, 1.165) is 16.7 Å². The SMILES string of the molecule is Cc1ccc(S(=O)(=O)N2CCN(C(=O)NCc3cccnc3)CC2)cc1C. The summed E-state index contributed by atoms with van der Waals surface area (Å²) in [5.41, 5.74) is 2.93. The van der Waals surface area contributed by atoms with Crippen LogP contribution in [0.15, 0.2) is 47.6 Å². The molecule has 7 nitrogen and oxygen atoms in total. The van der Waals surface area contributed by atoms with Gasteiger partial charge in [-0.3, -0.25) is 4.98 Å². The van der Waals surface area contributed by atoms with Crippen LogP contribution in [0.3, 0.4) is 0 Å². The Morgan fingerprint density at radius 3 is 2.48 bits per heavy atom. The number of nitrogens with one attached hydrogen (secondary N) is 1. The van der Waals surface area contributed by atoms with Crippen molar-refractivity contribution in [1.82, 2.24) is 19.5 Å². The highest BCUT2D eigenvalue weighted by molar-refractivity contribution is 7.89. The molecule has 1 aromatic carbocycles. The topological polar surface area (TPSA) is 82.6 Å². The van der Waals surface area contributed by atoms with Crippen molar-refractivity contribution in [1.29, 1.82) is 0 Å². The molecule has 1 saturated heterocycles. The van der Waals surface area contributed by atoms with Crippen molar-refractivity contribution in [2.24, 2.45) is 0 Å². The Labute approximate surface area is 160 Å². The Balaban J connectivity index is 1.57. The highest BCUT2D eigenvalue weighted by Gasteiger charge is 2.30. The molecular weight excluding hydrogens is 364 g/mol. The average Bonchev–Trinajstić information content (AvgIpc) is 2.69. The molecular formula is C19H24N4O3S. The number of hydrogen-bond acceptors (Lipinski definition) is 4. The quantitative estimate of drug-likeness (QED) is 0.867. The Hall–Kier alpha value is -2.45. The van der Waals surface area contributed by atoms with Gasteiger partial charge >= 0.3 is 6.03 Å². The summed E-state index contributed by atoms with van der Waals surface area (Å²) in [5.74, 6) is 0. The summed E-state index contributed by atoms with van der Waals surface area (Å²) in [7, 11) is -3.54. The monoisotopic (exact) mass is 388 g/mol. The van der Waals surface area contributed by atoms with E-state index in [9.17, 15) is 13.2 Å². The van der Waals surface area contributed by atoms with Crippen molar-refractivity contribution in [3.63, 3.8) is 0 Å². The van der Waals surface area contributed by atoms with Gasteiger partial charge in [0.05, 0.1) is 4.90 Å². The maximum absolute atomic E-state index is 12.8. The molecule has 2 heterocycles. The largest absolute Gasteiger partial charge is 0.334 e.